The summed E-state index contributed by atoms with van der Waals surface area (Å²) < 4.78 is 1.10. The van der Waals surface area contributed by atoms with E-state index in [1.54, 1.807) is 23.2 Å². The van der Waals surface area contributed by atoms with Crippen molar-refractivity contribution in [1.29, 1.82) is 0 Å². The molecule has 1 aromatic heterocycles. The van der Waals surface area contributed by atoms with E-state index in [1.165, 1.54) is 4.88 Å². The molecule has 4 nitrogen and oxygen atoms in total. The molecule has 1 fully saturated rings. The van der Waals surface area contributed by atoms with Crippen LogP contribution in [-0.4, -0.2) is 34.0 Å². The minimum atomic E-state index is -0.924. The van der Waals surface area contributed by atoms with Gasteiger partial charge in [-0.25, -0.2) is 4.79 Å². The summed E-state index contributed by atoms with van der Waals surface area (Å²) in [5.74, 6) is -0.953. The van der Waals surface area contributed by atoms with E-state index >= 15 is 0 Å². The maximum absolute atomic E-state index is 12.2. The smallest absolute Gasteiger partial charge is 0.326 e. The third-order valence-electron chi connectivity index (χ3n) is 3.45. The lowest BCUT2D eigenvalue weighted by molar-refractivity contribution is -0.150. The van der Waals surface area contributed by atoms with Crippen LogP contribution in [0.4, 0.5) is 0 Å². The number of hydrogen-bond donors (Lipinski definition) is 1. The second-order valence-corrected chi connectivity index (χ2v) is 7.65. The first kappa shape index (κ1) is 15.5. The number of aliphatic carboxylic acids is 1. The first-order chi connectivity index (χ1) is 9.49. The van der Waals surface area contributed by atoms with Crippen LogP contribution >= 0.6 is 27.3 Å². The van der Waals surface area contributed by atoms with E-state index in [0.29, 0.717) is 6.42 Å². The molecule has 0 saturated heterocycles. The van der Waals surface area contributed by atoms with Crippen LogP contribution in [0, 0.1) is 0 Å². The van der Waals surface area contributed by atoms with Gasteiger partial charge in [-0.05, 0) is 60.7 Å². The van der Waals surface area contributed by atoms with E-state index < -0.39 is 12.0 Å². The standard InChI is InChI=1S/C14H18BrNO3S/c1-9(14(18)19)16(10-5-6-10)13(17)4-2-3-11-7-8-12(15)20-11/h7-10H,2-6H2,1H3,(H,18,19). The lowest BCUT2D eigenvalue weighted by Gasteiger charge is -2.26. The van der Waals surface area contributed by atoms with Gasteiger partial charge in [-0.3, -0.25) is 4.79 Å². The lowest BCUT2D eigenvalue weighted by atomic mass is 10.1. The van der Waals surface area contributed by atoms with E-state index in [-0.39, 0.29) is 11.9 Å². The van der Waals surface area contributed by atoms with Crippen molar-refractivity contribution in [3.05, 3.63) is 20.8 Å². The molecule has 1 aliphatic rings. The molecule has 110 valence electrons. The largest absolute Gasteiger partial charge is 0.480 e. The predicted molar refractivity (Wildman–Crippen MR) is 81.9 cm³/mol. The van der Waals surface area contributed by atoms with Crippen LogP contribution in [0.15, 0.2) is 15.9 Å². The van der Waals surface area contributed by atoms with E-state index in [4.69, 9.17) is 5.11 Å². The Morgan fingerprint density at radius 1 is 1.50 bits per heavy atom. The maximum Gasteiger partial charge on any atom is 0.326 e. The Morgan fingerprint density at radius 3 is 2.70 bits per heavy atom. The Balaban J connectivity index is 1.84. The van der Waals surface area contributed by atoms with Gasteiger partial charge in [-0.2, -0.15) is 0 Å². The fourth-order valence-electron chi connectivity index (χ4n) is 2.24. The predicted octanol–water partition coefficient (Wildman–Crippen LogP) is 3.30. The summed E-state index contributed by atoms with van der Waals surface area (Å²) in [4.78, 5) is 26.1. The molecule has 1 saturated carbocycles. The number of nitrogens with zero attached hydrogens (tertiary/aromatic N) is 1. The number of carbonyl (C=O) groups is 2. The molecule has 1 aliphatic carbocycles. The van der Waals surface area contributed by atoms with Crippen molar-refractivity contribution in [1.82, 2.24) is 4.90 Å². The van der Waals surface area contributed by atoms with Crippen LogP contribution in [0.5, 0.6) is 0 Å². The molecule has 0 spiro atoms. The summed E-state index contributed by atoms with van der Waals surface area (Å²) in [6.45, 7) is 1.59. The number of carboxylic acids is 1. The van der Waals surface area contributed by atoms with E-state index in [0.717, 1.165) is 29.5 Å². The van der Waals surface area contributed by atoms with Gasteiger partial charge in [0.05, 0.1) is 3.79 Å². The third-order valence-corrected chi connectivity index (χ3v) is 5.13. The Labute approximate surface area is 130 Å². The number of rotatable bonds is 7. The van der Waals surface area contributed by atoms with Crippen molar-refractivity contribution in [2.75, 3.05) is 0 Å². The molecule has 2 rings (SSSR count). The molecular weight excluding hydrogens is 342 g/mol. The summed E-state index contributed by atoms with van der Waals surface area (Å²) in [7, 11) is 0. The van der Waals surface area contributed by atoms with Crippen LogP contribution in [0.2, 0.25) is 0 Å². The zero-order chi connectivity index (χ0) is 14.7. The monoisotopic (exact) mass is 359 g/mol. The minimum absolute atomic E-state index is 0.0296. The van der Waals surface area contributed by atoms with Gasteiger partial charge in [0.25, 0.3) is 0 Å². The van der Waals surface area contributed by atoms with Gasteiger partial charge in [0.1, 0.15) is 6.04 Å². The summed E-state index contributed by atoms with van der Waals surface area (Å²) in [6, 6.07) is 3.48. The highest BCUT2D eigenvalue weighted by molar-refractivity contribution is 9.11. The van der Waals surface area contributed by atoms with Crippen LogP contribution in [0.25, 0.3) is 0 Å². The number of halogens is 1. The highest BCUT2D eigenvalue weighted by atomic mass is 79.9. The van der Waals surface area contributed by atoms with Gasteiger partial charge in [0, 0.05) is 17.3 Å². The molecular formula is C14H18BrNO3S. The molecule has 1 N–H and O–H groups in total. The molecule has 20 heavy (non-hydrogen) atoms. The van der Waals surface area contributed by atoms with Gasteiger partial charge in [-0.15, -0.1) is 11.3 Å². The average molecular weight is 360 g/mol. The zero-order valence-corrected chi connectivity index (χ0v) is 13.7. The maximum atomic E-state index is 12.2. The number of carbonyl (C=O) groups excluding carboxylic acids is 1. The summed E-state index contributed by atoms with van der Waals surface area (Å²) in [5.41, 5.74) is 0. The fourth-order valence-corrected chi connectivity index (χ4v) is 3.76. The topological polar surface area (TPSA) is 57.6 Å². The van der Waals surface area contributed by atoms with Crippen molar-refractivity contribution in [3.63, 3.8) is 0 Å². The molecule has 6 heteroatoms. The molecule has 0 aliphatic heterocycles. The van der Waals surface area contributed by atoms with Crippen LogP contribution in [0.1, 0.15) is 37.5 Å². The quantitative estimate of drug-likeness (QED) is 0.812. The SMILES string of the molecule is CC(C(=O)O)N(C(=O)CCCc1ccc(Br)s1)C1CC1. The molecule has 1 atom stereocenters. The first-order valence-corrected chi connectivity index (χ1v) is 8.38. The number of amides is 1. The fraction of sp³-hybridized carbons (Fsp3) is 0.571. The molecule has 0 aromatic carbocycles. The van der Waals surface area contributed by atoms with Crippen molar-refractivity contribution in [2.45, 2.75) is 51.1 Å². The first-order valence-electron chi connectivity index (χ1n) is 6.77. The van der Waals surface area contributed by atoms with Crippen LogP contribution in [0.3, 0.4) is 0 Å². The summed E-state index contributed by atoms with van der Waals surface area (Å²) >= 11 is 5.09. The Morgan fingerprint density at radius 2 is 2.20 bits per heavy atom. The minimum Gasteiger partial charge on any atom is -0.480 e. The Hall–Kier alpha value is -0.880. The van der Waals surface area contributed by atoms with Crippen LogP contribution in [-0.2, 0) is 16.0 Å². The van der Waals surface area contributed by atoms with Crippen LogP contribution < -0.4 is 0 Å². The number of aryl methyl sites for hydroxylation is 1. The second kappa shape index (κ2) is 6.72. The second-order valence-electron chi connectivity index (χ2n) is 5.11. The molecule has 0 radical (unpaired) electrons. The molecule has 0 bridgehead atoms. The molecule has 1 amide bonds. The van der Waals surface area contributed by atoms with Gasteiger partial charge in [-0.1, -0.05) is 0 Å². The van der Waals surface area contributed by atoms with E-state index in [2.05, 4.69) is 22.0 Å². The molecule has 1 heterocycles. The normalized spacial score (nSPS) is 15.9. The van der Waals surface area contributed by atoms with Gasteiger partial charge >= 0.3 is 5.97 Å². The van der Waals surface area contributed by atoms with E-state index in [9.17, 15) is 9.59 Å². The zero-order valence-electron chi connectivity index (χ0n) is 11.3. The van der Waals surface area contributed by atoms with Crippen molar-refractivity contribution in [3.8, 4) is 0 Å². The summed E-state index contributed by atoms with van der Waals surface area (Å²) in [6.07, 6.45) is 3.91. The van der Waals surface area contributed by atoms with Gasteiger partial charge in [0.15, 0.2) is 0 Å². The number of hydrogen-bond acceptors (Lipinski definition) is 3. The summed E-state index contributed by atoms with van der Waals surface area (Å²) in [5, 5.41) is 9.09. The number of thiophene rings is 1. The van der Waals surface area contributed by atoms with Gasteiger partial charge in [0.2, 0.25) is 5.91 Å². The third kappa shape index (κ3) is 4.06. The highest BCUT2D eigenvalue weighted by Crippen LogP contribution is 2.30. The molecule has 1 unspecified atom stereocenters. The Kier molecular flexibility index (Phi) is 5.21. The number of carboxylic acid groups (broad SMARTS) is 1. The van der Waals surface area contributed by atoms with Crippen molar-refractivity contribution >= 4 is 39.1 Å². The average Bonchev–Trinajstić information content (AvgIpc) is 3.12. The van der Waals surface area contributed by atoms with E-state index in [1.807, 2.05) is 6.07 Å². The van der Waals surface area contributed by atoms with Crippen molar-refractivity contribution < 1.29 is 14.7 Å². The molecule has 1 aromatic rings. The van der Waals surface area contributed by atoms with Crippen molar-refractivity contribution in [2.24, 2.45) is 0 Å². The highest BCUT2D eigenvalue weighted by Gasteiger charge is 2.37. The van der Waals surface area contributed by atoms with Gasteiger partial charge < -0.3 is 10.0 Å². The lowest BCUT2D eigenvalue weighted by Crippen LogP contribution is -2.44. The Bertz CT molecular complexity index is 498.